The van der Waals surface area contributed by atoms with Crippen LogP contribution in [-0.2, 0) is 4.74 Å². The van der Waals surface area contributed by atoms with E-state index in [9.17, 15) is 4.79 Å². The van der Waals surface area contributed by atoms with E-state index in [2.05, 4.69) is 0 Å². The summed E-state index contributed by atoms with van der Waals surface area (Å²) in [6.07, 6.45) is 1.74. The van der Waals surface area contributed by atoms with Gasteiger partial charge < -0.3 is 4.74 Å². The Morgan fingerprint density at radius 2 is 1.74 bits per heavy atom. The molecule has 0 N–H and O–H groups in total. The fraction of sp³-hybridized carbons (Fsp3) is 0. The molecular weight excluding hydrogens is 283 g/mol. The lowest BCUT2D eigenvalue weighted by atomic mass is 10.1. The van der Waals surface area contributed by atoms with Crippen molar-refractivity contribution in [1.29, 1.82) is 0 Å². The number of fused-ring (bicyclic) bond motifs is 1. The number of halogens is 2. The summed E-state index contributed by atoms with van der Waals surface area (Å²) in [6.45, 7) is 0. The number of carbonyl (C=O) groups excluding carboxylic acids is 1. The molecule has 0 unspecified atom stereocenters. The van der Waals surface area contributed by atoms with E-state index in [-0.39, 0.29) is 5.97 Å². The number of hydrogen-bond donors (Lipinski definition) is 0. The Hall–Kier alpha value is -1.77. The Labute approximate surface area is 120 Å². The van der Waals surface area contributed by atoms with Gasteiger partial charge in [0.05, 0.1) is 5.56 Å². The topological polar surface area (TPSA) is 26.3 Å². The Morgan fingerprint density at radius 3 is 2.47 bits per heavy atom. The third-order valence-electron chi connectivity index (χ3n) is 2.86. The lowest BCUT2D eigenvalue weighted by Crippen LogP contribution is -1.92. The monoisotopic (exact) mass is 290 g/mol. The zero-order valence-electron chi connectivity index (χ0n) is 9.69. The molecule has 94 valence electrons. The van der Waals surface area contributed by atoms with Gasteiger partial charge in [0, 0.05) is 15.6 Å². The number of esters is 1. The highest BCUT2D eigenvalue weighted by atomic mass is 35.5. The van der Waals surface area contributed by atoms with Crippen molar-refractivity contribution < 1.29 is 9.53 Å². The number of benzene rings is 2. The zero-order chi connectivity index (χ0) is 13.4. The van der Waals surface area contributed by atoms with Gasteiger partial charge >= 0.3 is 5.97 Å². The molecule has 2 aromatic rings. The van der Waals surface area contributed by atoms with Crippen molar-refractivity contribution in [2.75, 3.05) is 0 Å². The van der Waals surface area contributed by atoms with Crippen molar-refractivity contribution in [3.05, 3.63) is 69.2 Å². The van der Waals surface area contributed by atoms with Crippen LogP contribution in [0.2, 0.25) is 10.0 Å². The highest BCUT2D eigenvalue weighted by Crippen LogP contribution is 2.32. The van der Waals surface area contributed by atoms with Crippen molar-refractivity contribution in [1.82, 2.24) is 0 Å². The predicted octanol–water partition coefficient (Wildman–Crippen LogP) is 4.66. The summed E-state index contributed by atoms with van der Waals surface area (Å²) in [5.41, 5.74) is 2.10. The minimum Gasteiger partial charge on any atom is -0.422 e. The van der Waals surface area contributed by atoms with E-state index in [4.69, 9.17) is 27.9 Å². The molecule has 0 aliphatic carbocycles. The molecule has 0 bridgehead atoms. The van der Waals surface area contributed by atoms with Gasteiger partial charge in [-0.15, -0.1) is 0 Å². The zero-order valence-corrected chi connectivity index (χ0v) is 11.2. The van der Waals surface area contributed by atoms with Crippen LogP contribution in [0.3, 0.4) is 0 Å². The molecule has 3 rings (SSSR count). The first-order valence-corrected chi connectivity index (χ1v) is 6.39. The molecule has 4 heteroatoms. The highest BCUT2D eigenvalue weighted by molar-refractivity contribution is 6.35. The summed E-state index contributed by atoms with van der Waals surface area (Å²) in [5, 5.41) is 1.08. The van der Waals surface area contributed by atoms with E-state index < -0.39 is 0 Å². The predicted molar refractivity (Wildman–Crippen MR) is 76.2 cm³/mol. The van der Waals surface area contributed by atoms with Gasteiger partial charge in [-0.3, -0.25) is 0 Å². The van der Waals surface area contributed by atoms with Gasteiger partial charge in [0.25, 0.3) is 0 Å². The number of ether oxygens (including phenoxy) is 1. The molecule has 0 radical (unpaired) electrons. The standard InChI is InChI=1S/C15H8Cl2O2/c16-10-6-5-9(13(17)8-10)7-14-11-3-1-2-4-12(11)15(18)19-14/h1-8H/b14-7+. The molecule has 0 amide bonds. The molecule has 0 fully saturated rings. The smallest absolute Gasteiger partial charge is 0.344 e. The average molecular weight is 291 g/mol. The van der Waals surface area contributed by atoms with Crippen LogP contribution in [0.4, 0.5) is 0 Å². The Kier molecular flexibility index (Phi) is 3.05. The summed E-state index contributed by atoms with van der Waals surface area (Å²) in [6, 6.07) is 12.4. The quantitative estimate of drug-likeness (QED) is 0.714. The van der Waals surface area contributed by atoms with E-state index in [1.54, 1.807) is 36.4 Å². The molecule has 2 nitrogen and oxygen atoms in total. The first-order valence-electron chi connectivity index (χ1n) is 5.63. The molecule has 0 aromatic heterocycles. The van der Waals surface area contributed by atoms with E-state index in [1.165, 1.54) is 0 Å². The van der Waals surface area contributed by atoms with Crippen molar-refractivity contribution in [2.24, 2.45) is 0 Å². The third kappa shape index (κ3) is 2.25. The molecule has 1 aliphatic heterocycles. The normalized spacial score (nSPS) is 15.5. The van der Waals surface area contributed by atoms with Crippen LogP contribution in [0.25, 0.3) is 11.8 Å². The van der Waals surface area contributed by atoms with E-state index >= 15 is 0 Å². The van der Waals surface area contributed by atoms with Crippen LogP contribution >= 0.6 is 23.2 Å². The molecule has 0 saturated carbocycles. The molecule has 0 atom stereocenters. The third-order valence-corrected chi connectivity index (χ3v) is 3.43. The molecule has 19 heavy (non-hydrogen) atoms. The first-order chi connectivity index (χ1) is 9.15. The van der Waals surface area contributed by atoms with Gasteiger partial charge in [-0.2, -0.15) is 0 Å². The second-order valence-corrected chi connectivity index (χ2v) is 4.95. The molecule has 0 saturated heterocycles. The van der Waals surface area contributed by atoms with Crippen LogP contribution < -0.4 is 0 Å². The second-order valence-electron chi connectivity index (χ2n) is 4.11. The van der Waals surface area contributed by atoms with Crippen LogP contribution in [0.5, 0.6) is 0 Å². The Bertz CT molecular complexity index is 705. The fourth-order valence-electron chi connectivity index (χ4n) is 1.95. The van der Waals surface area contributed by atoms with Gasteiger partial charge in [0.1, 0.15) is 5.76 Å². The second kappa shape index (κ2) is 4.72. The summed E-state index contributed by atoms with van der Waals surface area (Å²) in [7, 11) is 0. The van der Waals surface area contributed by atoms with Crippen LogP contribution in [0, 0.1) is 0 Å². The number of carbonyl (C=O) groups is 1. The Morgan fingerprint density at radius 1 is 1.00 bits per heavy atom. The molecule has 0 spiro atoms. The average Bonchev–Trinajstić information content (AvgIpc) is 2.71. The largest absolute Gasteiger partial charge is 0.422 e. The molecule has 1 aliphatic rings. The number of hydrogen-bond acceptors (Lipinski definition) is 2. The Balaban J connectivity index is 2.09. The summed E-state index contributed by atoms with van der Waals surface area (Å²) in [5.74, 6) is 0.164. The lowest BCUT2D eigenvalue weighted by molar-refractivity contribution is 0.0717. The van der Waals surface area contributed by atoms with Crippen molar-refractivity contribution >= 4 is 41.0 Å². The SMILES string of the molecule is O=C1O/C(=C/c2ccc(Cl)cc2Cl)c2ccccc21. The fourth-order valence-corrected chi connectivity index (χ4v) is 2.42. The maximum absolute atomic E-state index is 11.7. The molecule has 2 aromatic carbocycles. The van der Waals surface area contributed by atoms with Crippen LogP contribution in [-0.4, -0.2) is 5.97 Å². The van der Waals surface area contributed by atoms with Crippen LogP contribution in [0.1, 0.15) is 21.5 Å². The molecular formula is C15H8Cl2O2. The van der Waals surface area contributed by atoms with Crippen molar-refractivity contribution in [3.63, 3.8) is 0 Å². The van der Waals surface area contributed by atoms with Crippen molar-refractivity contribution in [2.45, 2.75) is 0 Å². The summed E-state index contributed by atoms with van der Waals surface area (Å²) >= 11 is 11.9. The van der Waals surface area contributed by atoms with Gasteiger partial charge in [-0.1, -0.05) is 47.5 Å². The summed E-state index contributed by atoms with van der Waals surface area (Å²) in [4.78, 5) is 11.7. The number of rotatable bonds is 1. The lowest BCUT2D eigenvalue weighted by Gasteiger charge is -2.02. The van der Waals surface area contributed by atoms with E-state index in [0.717, 1.165) is 11.1 Å². The first kappa shape index (κ1) is 12.3. The van der Waals surface area contributed by atoms with E-state index in [1.807, 2.05) is 12.1 Å². The van der Waals surface area contributed by atoms with Crippen molar-refractivity contribution in [3.8, 4) is 0 Å². The summed E-state index contributed by atoms with van der Waals surface area (Å²) < 4.78 is 5.25. The number of cyclic esters (lactones) is 1. The van der Waals surface area contributed by atoms with Gasteiger partial charge in [0.2, 0.25) is 0 Å². The maximum Gasteiger partial charge on any atom is 0.344 e. The van der Waals surface area contributed by atoms with Crippen LogP contribution in [0.15, 0.2) is 42.5 Å². The maximum atomic E-state index is 11.7. The molecule has 1 heterocycles. The van der Waals surface area contributed by atoms with Gasteiger partial charge in [-0.05, 0) is 29.8 Å². The van der Waals surface area contributed by atoms with Gasteiger partial charge in [-0.25, -0.2) is 4.79 Å². The minimum absolute atomic E-state index is 0.341. The van der Waals surface area contributed by atoms with E-state index in [0.29, 0.717) is 21.4 Å². The van der Waals surface area contributed by atoms with Gasteiger partial charge in [0.15, 0.2) is 0 Å². The minimum atomic E-state index is -0.341. The highest BCUT2D eigenvalue weighted by Gasteiger charge is 2.25.